The second-order valence-corrected chi connectivity index (χ2v) is 7.43. The lowest BCUT2D eigenvalue weighted by molar-refractivity contribution is -0.135. The van der Waals surface area contributed by atoms with Crippen molar-refractivity contribution < 1.29 is 32.6 Å². The Morgan fingerprint density at radius 3 is 2.94 bits per heavy atom. The number of alkyl halides is 2. The normalized spacial score (nSPS) is 16.3. The van der Waals surface area contributed by atoms with Crippen LogP contribution in [-0.4, -0.2) is 66.0 Å². The molecule has 1 aliphatic heterocycles. The summed E-state index contributed by atoms with van der Waals surface area (Å²) in [6, 6.07) is 2.99. The first kappa shape index (κ1) is 22.5. The zero-order valence-corrected chi connectivity index (χ0v) is 17.3. The van der Waals surface area contributed by atoms with Gasteiger partial charge in [-0.1, -0.05) is 5.21 Å². The molecule has 0 aliphatic carbocycles. The molecule has 3 aromatic rings. The van der Waals surface area contributed by atoms with E-state index in [4.69, 9.17) is 9.84 Å². The topological polar surface area (TPSA) is 136 Å². The number of amides is 1. The van der Waals surface area contributed by atoms with Crippen molar-refractivity contribution in [3.05, 3.63) is 53.8 Å². The van der Waals surface area contributed by atoms with Gasteiger partial charge >= 0.3 is 12.4 Å². The number of aromatic carboxylic acids is 1. The third-order valence-electron chi connectivity index (χ3n) is 5.05. The van der Waals surface area contributed by atoms with Crippen molar-refractivity contribution in [3.63, 3.8) is 0 Å². The van der Waals surface area contributed by atoms with Crippen LogP contribution in [0.1, 0.15) is 47.0 Å². The Balaban J connectivity index is 1.30. The average Bonchev–Trinajstić information content (AvgIpc) is 3.48. The molecule has 4 heterocycles. The van der Waals surface area contributed by atoms with Crippen LogP contribution in [0, 0.1) is 0 Å². The van der Waals surface area contributed by atoms with E-state index in [0.717, 1.165) is 19.1 Å². The highest BCUT2D eigenvalue weighted by molar-refractivity contribution is 5.85. The minimum Gasteiger partial charge on any atom is -0.477 e. The van der Waals surface area contributed by atoms with E-state index in [-0.39, 0.29) is 36.4 Å². The largest absolute Gasteiger partial charge is 0.477 e. The van der Waals surface area contributed by atoms with Crippen LogP contribution in [0.4, 0.5) is 8.78 Å². The lowest BCUT2D eigenvalue weighted by Gasteiger charge is -2.32. The van der Waals surface area contributed by atoms with Gasteiger partial charge in [0.15, 0.2) is 0 Å². The molecule has 1 amide bonds. The number of halogens is 2. The van der Waals surface area contributed by atoms with Crippen molar-refractivity contribution in [3.8, 4) is 5.69 Å². The number of carbonyl (C=O) groups is 2. The van der Waals surface area contributed by atoms with Gasteiger partial charge in [0.2, 0.25) is 5.91 Å². The summed E-state index contributed by atoms with van der Waals surface area (Å²) < 4.78 is 37.2. The first-order valence-electron chi connectivity index (χ1n) is 10.1. The van der Waals surface area contributed by atoms with Crippen LogP contribution in [0.25, 0.3) is 5.69 Å². The molecule has 0 aromatic carbocycles. The molecule has 1 aliphatic rings. The Bertz CT molecular complexity index is 1130. The summed E-state index contributed by atoms with van der Waals surface area (Å²) >= 11 is 0. The molecule has 33 heavy (non-hydrogen) atoms. The average molecular weight is 462 g/mol. The number of rotatable bonds is 8. The molecule has 174 valence electrons. The lowest BCUT2D eigenvalue weighted by Crippen LogP contribution is -2.43. The summed E-state index contributed by atoms with van der Waals surface area (Å²) in [5, 5.41) is 17.1. The SMILES string of the molecule is O=C(O)c1cc(-n2cc(COC3CCCN(C(=O)Cc4coc(C(F)F)n4)C3)nn2)ccn1. The van der Waals surface area contributed by atoms with E-state index >= 15 is 0 Å². The predicted octanol–water partition coefficient (Wildman–Crippen LogP) is 2.04. The molecule has 0 radical (unpaired) electrons. The molecule has 0 spiro atoms. The van der Waals surface area contributed by atoms with Gasteiger partial charge in [-0.15, -0.1) is 5.10 Å². The van der Waals surface area contributed by atoms with Gasteiger partial charge in [0.1, 0.15) is 17.7 Å². The summed E-state index contributed by atoms with van der Waals surface area (Å²) in [4.78, 5) is 32.6. The van der Waals surface area contributed by atoms with Gasteiger partial charge < -0.3 is 19.2 Å². The molecule has 1 fully saturated rings. The van der Waals surface area contributed by atoms with Crippen LogP contribution in [0.3, 0.4) is 0 Å². The second kappa shape index (κ2) is 9.81. The van der Waals surface area contributed by atoms with Gasteiger partial charge in [0, 0.05) is 19.3 Å². The fourth-order valence-corrected chi connectivity index (χ4v) is 3.44. The zero-order valence-electron chi connectivity index (χ0n) is 17.3. The highest BCUT2D eigenvalue weighted by atomic mass is 19.3. The van der Waals surface area contributed by atoms with Crippen LogP contribution in [0.2, 0.25) is 0 Å². The van der Waals surface area contributed by atoms with E-state index in [1.807, 2.05) is 0 Å². The number of aromatic nitrogens is 5. The molecular weight excluding hydrogens is 442 g/mol. The Kier molecular flexibility index (Phi) is 6.68. The number of hydrogen-bond acceptors (Lipinski definition) is 8. The standard InChI is InChI=1S/C20H20F2N6O5/c21-18(22)19-24-12(10-33-19)6-17(29)27-5-1-2-15(9-27)32-11-13-8-28(26-25-13)14-3-4-23-16(7-14)20(30)31/h3-4,7-8,10,15,18H,1-2,5-6,9,11H2,(H,30,31). The van der Waals surface area contributed by atoms with Crippen molar-refractivity contribution in [2.75, 3.05) is 13.1 Å². The van der Waals surface area contributed by atoms with E-state index < -0.39 is 18.3 Å². The van der Waals surface area contributed by atoms with Gasteiger partial charge in [-0.05, 0) is 25.0 Å². The number of pyridine rings is 1. The first-order valence-corrected chi connectivity index (χ1v) is 10.1. The fourth-order valence-electron chi connectivity index (χ4n) is 3.44. The summed E-state index contributed by atoms with van der Waals surface area (Å²) in [7, 11) is 0. The molecule has 1 N–H and O–H groups in total. The Labute approximate surface area is 186 Å². The maximum Gasteiger partial charge on any atom is 0.354 e. The predicted molar refractivity (Wildman–Crippen MR) is 106 cm³/mol. The number of piperidine rings is 1. The van der Waals surface area contributed by atoms with Crippen LogP contribution >= 0.6 is 0 Å². The van der Waals surface area contributed by atoms with Gasteiger partial charge in [0.25, 0.3) is 5.89 Å². The van der Waals surface area contributed by atoms with E-state index in [0.29, 0.717) is 24.5 Å². The zero-order chi connectivity index (χ0) is 23.4. The van der Waals surface area contributed by atoms with Crippen LogP contribution in [-0.2, 0) is 22.6 Å². The number of oxazole rings is 1. The maximum atomic E-state index is 12.6. The molecular formula is C20H20F2N6O5. The highest BCUT2D eigenvalue weighted by Crippen LogP contribution is 2.19. The van der Waals surface area contributed by atoms with Crippen molar-refractivity contribution in [1.82, 2.24) is 29.9 Å². The summed E-state index contributed by atoms with van der Waals surface area (Å²) in [6.07, 6.45) is 2.39. The molecule has 3 aromatic heterocycles. The molecule has 0 bridgehead atoms. The molecule has 1 saturated heterocycles. The number of hydrogen-bond donors (Lipinski definition) is 1. The third kappa shape index (κ3) is 5.55. The van der Waals surface area contributed by atoms with Gasteiger partial charge in [0.05, 0.1) is 36.7 Å². The van der Waals surface area contributed by atoms with Crippen molar-refractivity contribution in [2.45, 2.75) is 38.4 Å². The van der Waals surface area contributed by atoms with Crippen LogP contribution in [0.15, 0.2) is 35.2 Å². The van der Waals surface area contributed by atoms with Crippen molar-refractivity contribution >= 4 is 11.9 Å². The highest BCUT2D eigenvalue weighted by Gasteiger charge is 2.26. The molecule has 1 atom stereocenters. The molecule has 0 saturated carbocycles. The lowest BCUT2D eigenvalue weighted by atomic mass is 10.1. The minimum atomic E-state index is -2.82. The number of nitrogens with zero attached hydrogens (tertiary/aromatic N) is 6. The smallest absolute Gasteiger partial charge is 0.354 e. The Hall–Kier alpha value is -3.74. The van der Waals surface area contributed by atoms with Crippen LogP contribution < -0.4 is 0 Å². The number of carboxylic acid groups (broad SMARTS) is 1. The summed E-state index contributed by atoms with van der Waals surface area (Å²) in [6.45, 7) is 1.06. The number of carbonyl (C=O) groups excluding carboxylic acids is 1. The number of likely N-dealkylation sites (tertiary alicyclic amines) is 1. The summed E-state index contributed by atoms with van der Waals surface area (Å²) in [5.41, 5.74) is 1.09. The minimum absolute atomic E-state index is 0.108. The fraction of sp³-hybridized carbons (Fsp3) is 0.400. The first-order chi connectivity index (χ1) is 15.9. The molecule has 1 unspecified atom stereocenters. The summed E-state index contributed by atoms with van der Waals surface area (Å²) in [5.74, 6) is -2.08. The maximum absolute atomic E-state index is 12.6. The molecule has 4 rings (SSSR count). The van der Waals surface area contributed by atoms with Crippen LogP contribution in [0.5, 0.6) is 0 Å². The second-order valence-electron chi connectivity index (χ2n) is 7.43. The van der Waals surface area contributed by atoms with Crippen molar-refractivity contribution in [1.29, 1.82) is 0 Å². The molecule has 13 heteroatoms. The Morgan fingerprint density at radius 1 is 1.33 bits per heavy atom. The third-order valence-corrected chi connectivity index (χ3v) is 5.05. The van der Waals surface area contributed by atoms with E-state index in [1.165, 1.54) is 16.9 Å². The molecule has 11 nitrogen and oxygen atoms in total. The monoisotopic (exact) mass is 462 g/mol. The Morgan fingerprint density at radius 2 is 2.18 bits per heavy atom. The number of ether oxygens (including phenoxy) is 1. The number of carboxylic acids is 1. The quantitative estimate of drug-likeness (QED) is 0.533. The van der Waals surface area contributed by atoms with Gasteiger partial charge in [-0.3, -0.25) is 4.79 Å². The van der Waals surface area contributed by atoms with E-state index in [1.54, 1.807) is 17.2 Å². The van der Waals surface area contributed by atoms with E-state index in [2.05, 4.69) is 24.7 Å². The van der Waals surface area contributed by atoms with Crippen molar-refractivity contribution in [2.24, 2.45) is 0 Å². The van der Waals surface area contributed by atoms with Gasteiger partial charge in [-0.2, -0.15) is 8.78 Å². The van der Waals surface area contributed by atoms with Gasteiger partial charge in [-0.25, -0.2) is 19.4 Å². The van der Waals surface area contributed by atoms with E-state index in [9.17, 15) is 18.4 Å².